The van der Waals surface area contributed by atoms with Crippen LogP contribution < -0.4 is 0 Å². The minimum absolute atomic E-state index is 0.347. The Morgan fingerprint density at radius 2 is 2.21 bits per heavy atom. The summed E-state index contributed by atoms with van der Waals surface area (Å²) < 4.78 is 10.9. The predicted octanol–water partition coefficient (Wildman–Crippen LogP) is 0.956. The van der Waals surface area contributed by atoms with Crippen molar-refractivity contribution in [3.8, 4) is 12.3 Å². The van der Waals surface area contributed by atoms with Crippen LogP contribution in [0.4, 0.5) is 0 Å². The average molecular weight is 198 g/mol. The van der Waals surface area contributed by atoms with Crippen LogP contribution in [0.5, 0.6) is 0 Å². The largest absolute Gasteiger partial charge is 0.389 e. The van der Waals surface area contributed by atoms with Gasteiger partial charge in [0.2, 0.25) is 0 Å². The molecule has 1 unspecified atom stereocenters. The molecule has 0 aromatic carbocycles. The zero-order valence-corrected chi connectivity index (χ0v) is 8.66. The van der Waals surface area contributed by atoms with Gasteiger partial charge in [-0.25, -0.2) is 0 Å². The zero-order chi connectivity index (χ0) is 10.4. The van der Waals surface area contributed by atoms with Crippen LogP contribution in [0, 0.1) is 12.3 Å². The number of rotatable bonds is 4. The predicted molar refractivity (Wildman–Crippen MR) is 53.9 cm³/mol. The Kier molecular flexibility index (Phi) is 4.40. The molecule has 0 aliphatic carbocycles. The molecule has 1 N–H and O–H groups in total. The van der Waals surface area contributed by atoms with Gasteiger partial charge >= 0.3 is 0 Å². The van der Waals surface area contributed by atoms with Crippen LogP contribution in [0.3, 0.4) is 0 Å². The fourth-order valence-electron chi connectivity index (χ4n) is 1.88. The molecule has 0 aromatic heterocycles. The fraction of sp³-hybridized carbons (Fsp3) is 0.818. The summed E-state index contributed by atoms with van der Waals surface area (Å²) in [4.78, 5) is 0. The summed E-state index contributed by atoms with van der Waals surface area (Å²) in [6.45, 7) is 3.81. The van der Waals surface area contributed by atoms with Crippen LogP contribution in [-0.4, -0.2) is 36.6 Å². The van der Waals surface area contributed by atoms with E-state index in [1.165, 1.54) is 0 Å². The van der Waals surface area contributed by atoms with Crippen molar-refractivity contribution in [1.29, 1.82) is 0 Å². The van der Waals surface area contributed by atoms with E-state index in [9.17, 15) is 5.11 Å². The van der Waals surface area contributed by atoms with Gasteiger partial charge in [0, 0.05) is 39.1 Å². The van der Waals surface area contributed by atoms with Crippen molar-refractivity contribution >= 4 is 0 Å². The maximum atomic E-state index is 9.93. The number of hydrogen-bond donors (Lipinski definition) is 1. The summed E-state index contributed by atoms with van der Waals surface area (Å²) in [7, 11) is 0. The standard InChI is InChI=1S/C11H18O3/c1-3-5-10(12)11(14-4-2)6-8-13-9-7-11/h1,10,12H,4-9H2,2H3. The summed E-state index contributed by atoms with van der Waals surface area (Å²) in [6, 6.07) is 0. The number of ether oxygens (including phenoxy) is 2. The van der Waals surface area contributed by atoms with Gasteiger partial charge in [-0.2, -0.15) is 0 Å². The highest BCUT2D eigenvalue weighted by atomic mass is 16.5. The van der Waals surface area contributed by atoms with Crippen LogP contribution in [0.25, 0.3) is 0 Å². The van der Waals surface area contributed by atoms with Gasteiger partial charge in [-0.05, 0) is 6.92 Å². The molecule has 0 spiro atoms. The molecule has 0 radical (unpaired) electrons. The molecular formula is C11H18O3. The Balaban J connectivity index is 2.64. The molecule has 1 aliphatic rings. The van der Waals surface area contributed by atoms with Crippen LogP contribution in [0.1, 0.15) is 26.2 Å². The minimum Gasteiger partial charge on any atom is -0.389 e. The van der Waals surface area contributed by atoms with Crippen LogP contribution in [0.15, 0.2) is 0 Å². The third-order valence-corrected chi connectivity index (χ3v) is 2.69. The van der Waals surface area contributed by atoms with E-state index < -0.39 is 11.7 Å². The second kappa shape index (κ2) is 5.35. The molecule has 3 heteroatoms. The molecule has 0 amide bonds. The van der Waals surface area contributed by atoms with E-state index in [4.69, 9.17) is 15.9 Å². The third kappa shape index (κ3) is 2.48. The molecule has 1 atom stereocenters. The van der Waals surface area contributed by atoms with Crippen molar-refractivity contribution in [1.82, 2.24) is 0 Å². The van der Waals surface area contributed by atoms with Crippen LogP contribution in [-0.2, 0) is 9.47 Å². The average Bonchev–Trinajstić information content (AvgIpc) is 2.20. The second-order valence-electron chi connectivity index (χ2n) is 3.53. The van der Waals surface area contributed by atoms with Gasteiger partial charge in [0.15, 0.2) is 0 Å². The molecular weight excluding hydrogens is 180 g/mol. The van der Waals surface area contributed by atoms with Crippen molar-refractivity contribution in [2.75, 3.05) is 19.8 Å². The van der Waals surface area contributed by atoms with Crippen molar-refractivity contribution in [3.63, 3.8) is 0 Å². The molecule has 1 saturated heterocycles. The molecule has 1 aliphatic heterocycles. The maximum Gasteiger partial charge on any atom is 0.0993 e. The molecule has 14 heavy (non-hydrogen) atoms. The summed E-state index contributed by atoms with van der Waals surface area (Å²) in [6.07, 6.45) is 6.42. The SMILES string of the molecule is C#CCC(O)C1(OCC)CCOCC1. The molecule has 0 bridgehead atoms. The molecule has 80 valence electrons. The lowest BCUT2D eigenvalue weighted by Crippen LogP contribution is -2.49. The lowest BCUT2D eigenvalue weighted by atomic mass is 9.86. The van der Waals surface area contributed by atoms with E-state index in [0.29, 0.717) is 26.2 Å². The Hall–Kier alpha value is -0.560. The molecule has 0 aromatic rings. The number of aliphatic hydroxyl groups is 1. The van der Waals surface area contributed by atoms with Gasteiger partial charge in [-0.15, -0.1) is 12.3 Å². The van der Waals surface area contributed by atoms with Gasteiger partial charge in [-0.3, -0.25) is 0 Å². The normalized spacial score (nSPS) is 22.6. The van der Waals surface area contributed by atoms with E-state index in [1.54, 1.807) is 0 Å². The van der Waals surface area contributed by atoms with Crippen LogP contribution in [0.2, 0.25) is 0 Å². The molecule has 1 heterocycles. The Labute approximate surface area is 85.4 Å². The van der Waals surface area contributed by atoms with Gasteiger partial charge < -0.3 is 14.6 Å². The second-order valence-corrected chi connectivity index (χ2v) is 3.53. The smallest absolute Gasteiger partial charge is 0.0993 e. The third-order valence-electron chi connectivity index (χ3n) is 2.69. The quantitative estimate of drug-likeness (QED) is 0.684. The molecule has 1 rings (SSSR count). The Bertz CT molecular complexity index is 196. The lowest BCUT2D eigenvalue weighted by Gasteiger charge is -2.40. The van der Waals surface area contributed by atoms with E-state index in [0.717, 1.165) is 12.8 Å². The van der Waals surface area contributed by atoms with E-state index >= 15 is 0 Å². The van der Waals surface area contributed by atoms with Crippen molar-refractivity contribution in [2.24, 2.45) is 0 Å². The topological polar surface area (TPSA) is 38.7 Å². The van der Waals surface area contributed by atoms with E-state index in [-0.39, 0.29) is 0 Å². The Morgan fingerprint density at radius 3 is 2.71 bits per heavy atom. The van der Waals surface area contributed by atoms with Gasteiger partial charge in [-0.1, -0.05) is 0 Å². The molecule has 1 fully saturated rings. The van der Waals surface area contributed by atoms with E-state index in [1.807, 2.05) is 6.92 Å². The zero-order valence-electron chi connectivity index (χ0n) is 8.66. The summed E-state index contributed by atoms with van der Waals surface area (Å²) in [5.74, 6) is 2.48. The maximum absolute atomic E-state index is 9.93. The number of hydrogen-bond acceptors (Lipinski definition) is 3. The van der Waals surface area contributed by atoms with Gasteiger partial charge in [0.05, 0.1) is 11.7 Å². The van der Waals surface area contributed by atoms with Crippen molar-refractivity contribution < 1.29 is 14.6 Å². The minimum atomic E-state index is -0.573. The number of terminal acetylenes is 1. The summed E-state index contributed by atoms with van der Waals surface area (Å²) in [5, 5.41) is 9.93. The first-order valence-electron chi connectivity index (χ1n) is 5.08. The Morgan fingerprint density at radius 1 is 1.57 bits per heavy atom. The van der Waals surface area contributed by atoms with Gasteiger partial charge in [0.1, 0.15) is 0 Å². The molecule has 3 nitrogen and oxygen atoms in total. The first-order chi connectivity index (χ1) is 6.75. The highest BCUT2D eigenvalue weighted by molar-refractivity contribution is 4.98. The summed E-state index contributed by atoms with van der Waals surface area (Å²) >= 11 is 0. The van der Waals surface area contributed by atoms with Crippen molar-refractivity contribution in [3.05, 3.63) is 0 Å². The highest BCUT2D eigenvalue weighted by Gasteiger charge is 2.39. The van der Waals surface area contributed by atoms with Crippen molar-refractivity contribution in [2.45, 2.75) is 37.9 Å². The fourth-order valence-corrected chi connectivity index (χ4v) is 1.88. The van der Waals surface area contributed by atoms with Gasteiger partial charge in [0.25, 0.3) is 0 Å². The van der Waals surface area contributed by atoms with E-state index in [2.05, 4.69) is 5.92 Å². The highest BCUT2D eigenvalue weighted by Crippen LogP contribution is 2.30. The first kappa shape index (κ1) is 11.5. The monoisotopic (exact) mass is 198 g/mol. The number of aliphatic hydroxyl groups excluding tert-OH is 1. The van der Waals surface area contributed by atoms with Crippen LogP contribution >= 0.6 is 0 Å². The lowest BCUT2D eigenvalue weighted by molar-refractivity contribution is -0.164. The summed E-state index contributed by atoms with van der Waals surface area (Å²) in [5.41, 5.74) is -0.473. The first-order valence-corrected chi connectivity index (χ1v) is 5.08. The molecule has 0 saturated carbocycles.